The number of thiophene rings is 1. The van der Waals surface area contributed by atoms with Crippen molar-refractivity contribution in [3.05, 3.63) is 40.5 Å². The highest BCUT2D eigenvalue weighted by molar-refractivity contribution is 7.12. The van der Waals surface area contributed by atoms with Gasteiger partial charge in [-0.2, -0.15) is 0 Å². The average molecular weight is 330 g/mol. The fourth-order valence-electron chi connectivity index (χ4n) is 3.01. The van der Waals surface area contributed by atoms with Gasteiger partial charge in [-0.25, -0.2) is 4.98 Å². The van der Waals surface area contributed by atoms with Crippen molar-refractivity contribution in [2.45, 2.75) is 25.7 Å². The molecule has 0 radical (unpaired) electrons. The van der Waals surface area contributed by atoms with Gasteiger partial charge in [0.1, 0.15) is 5.82 Å². The number of nitrogens with one attached hydrogen (secondary N) is 1. The minimum atomic E-state index is 0.179. The number of nitrogens with zero attached hydrogens (tertiary/aromatic N) is 3. The highest BCUT2D eigenvalue weighted by Gasteiger charge is 2.22. The second-order valence-corrected chi connectivity index (χ2v) is 6.86. The van der Waals surface area contributed by atoms with Gasteiger partial charge in [-0.05, 0) is 43.0 Å². The van der Waals surface area contributed by atoms with Crippen LogP contribution in [-0.2, 0) is 6.42 Å². The van der Waals surface area contributed by atoms with E-state index in [2.05, 4.69) is 15.3 Å². The van der Waals surface area contributed by atoms with Crippen molar-refractivity contribution in [1.82, 2.24) is 14.9 Å². The van der Waals surface area contributed by atoms with Gasteiger partial charge in [0, 0.05) is 20.1 Å². The van der Waals surface area contributed by atoms with E-state index in [0.29, 0.717) is 5.92 Å². The van der Waals surface area contributed by atoms with E-state index in [0.717, 1.165) is 55.2 Å². The molecule has 122 valence electrons. The molecule has 2 aromatic heterocycles. The van der Waals surface area contributed by atoms with E-state index in [9.17, 15) is 4.79 Å². The van der Waals surface area contributed by atoms with E-state index in [1.165, 1.54) is 11.3 Å². The Morgan fingerprint density at radius 1 is 1.35 bits per heavy atom. The minimum absolute atomic E-state index is 0.179. The van der Waals surface area contributed by atoms with Crippen molar-refractivity contribution in [1.29, 1.82) is 0 Å². The Hall–Kier alpha value is -1.95. The molecule has 0 aliphatic carbocycles. The lowest BCUT2D eigenvalue weighted by Gasteiger charge is -2.19. The summed E-state index contributed by atoms with van der Waals surface area (Å²) in [5.74, 6) is 1.55. The summed E-state index contributed by atoms with van der Waals surface area (Å²) in [6, 6.07) is 3.85. The molecule has 23 heavy (non-hydrogen) atoms. The lowest BCUT2D eigenvalue weighted by atomic mass is 9.95. The maximum absolute atomic E-state index is 12.5. The lowest BCUT2D eigenvalue weighted by Crippen LogP contribution is -2.31. The van der Waals surface area contributed by atoms with Crippen molar-refractivity contribution >= 4 is 23.1 Å². The van der Waals surface area contributed by atoms with Crippen LogP contribution in [-0.4, -0.2) is 40.9 Å². The first-order valence-electron chi connectivity index (χ1n) is 8.07. The predicted octanol–water partition coefficient (Wildman–Crippen LogP) is 3.06. The largest absolute Gasteiger partial charge is 0.372 e. The molecule has 0 spiro atoms. The molecule has 3 heterocycles. The molecule has 2 aromatic rings. The SMILES string of the molecule is CNc1cnc(CC2CCCN(C(=O)c3cccs3)CC2)cn1. The summed E-state index contributed by atoms with van der Waals surface area (Å²) in [4.78, 5) is 24.1. The van der Waals surface area contributed by atoms with Crippen LogP contribution in [0.5, 0.6) is 0 Å². The number of anilines is 1. The fraction of sp³-hybridized carbons (Fsp3) is 0.471. The number of carbonyl (C=O) groups excluding carboxylic acids is 1. The quantitative estimate of drug-likeness (QED) is 0.936. The van der Waals surface area contributed by atoms with Crippen LogP contribution in [0.2, 0.25) is 0 Å². The molecular formula is C17H22N4OS. The van der Waals surface area contributed by atoms with Gasteiger partial charge in [-0.1, -0.05) is 6.07 Å². The Balaban J connectivity index is 1.56. The lowest BCUT2D eigenvalue weighted by molar-refractivity contribution is 0.0765. The molecule has 3 rings (SSSR count). The number of carbonyl (C=O) groups is 1. The Labute approximate surface area is 140 Å². The summed E-state index contributed by atoms with van der Waals surface area (Å²) in [6.45, 7) is 1.70. The number of hydrogen-bond donors (Lipinski definition) is 1. The number of aromatic nitrogens is 2. The third kappa shape index (κ3) is 4.07. The first kappa shape index (κ1) is 15.9. The van der Waals surface area contributed by atoms with Crippen molar-refractivity contribution in [3.8, 4) is 0 Å². The van der Waals surface area contributed by atoms with Gasteiger partial charge in [-0.3, -0.25) is 9.78 Å². The van der Waals surface area contributed by atoms with Gasteiger partial charge in [-0.15, -0.1) is 11.3 Å². The molecular weight excluding hydrogens is 308 g/mol. The van der Waals surface area contributed by atoms with E-state index in [-0.39, 0.29) is 5.91 Å². The van der Waals surface area contributed by atoms with E-state index < -0.39 is 0 Å². The fourth-order valence-corrected chi connectivity index (χ4v) is 3.70. The van der Waals surface area contributed by atoms with Gasteiger partial charge < -0.3 is 10.2 Å². The maximum Gasteiger partial charge on any atom is 0.263 e. The van der Waals surface area contributed by atoms with Gasteiger partial charge in [0.15, 0.2) is 0 Å². The number of likely N-dealkylation sites (tertiary alicyclic amines) is 1. The Bertz CT molecular complexity index is 627. The van der Waals surface area contributed by atoms with Crippen LogP contribution in [0.25, 0.3) is 0 Å². The molecule has 1 unspecified atom stereocenters. The van der Waals surface area contributed by atoms with Crippen molar-refractivity contribution < 1.29 is 4.79 Å². The molecule has 1 amide bonds. The molecule has 5 nitrogen and oxygen atoms in total. The van der Waals surface area contributed by atoms with E-state index in [1.54, 1.807) is 6.20 Å². The zero-order valence-corrected chi connectivity index (χ0v) is 14.2. The van der Waals surface area contributed by atoms with Crippen LogP contribution < -0.4 is 5.32 Å². The Kier molecular flexibility index (Phi) is 5.23. The molecule has 1 N–H and O–H groups in total. The highest BCUT2D eigenvalue weighted by Crippen LogP contribution is 2.23. The number of rotatable bonds is 4. The normalized spacial score (nSPS) is 18.5. The average Bonchev–Trinajstić information content (AvgIpc) is 3.02. The van der Waals surface area contributed by atoms with Crippen LogP contribution >= 0.6 is 11.3 Å². The molecule has 0 saturated carbocycles. The maximum atomic E-state index is 12.5. The third-order valence-electron chi connectivity index (χ3n) is 4.33. The third-order valence-corrected chi connectivity index (χ3v) is 5.18. The number of hydrogen-bond acceptors (Lipinski definition) is 5. The Morgan fingerprint density at radius 3 is 2.96 bits per heavy atom. The molecule has 1 atom stereocenters. The summed E-state index contributed by atoms with van der Waals surface area (Å²) in [5, 5.41) is 4.94. The Morgan fingerprint density at radius 2 is 2.26 bits per heavy atom. The first-order valence-corrected chi connectivity index (χ1v) is 8.95. The zero-order chi connectivity index (χ0) is 16.1. The molecule has 1 aliphatic rings. The molecule has 6 heteroatoms. The van der Waals surface area contributed by atoms with Crippen LogP contribution in [0.15, 0.2) is 29.9 Å². The van der Waals surface area contributed by atoms with Gasteiger partial charge in [0.05, 0.1) is 23.0 Å². The zero-order valence-electron chi connectivity index (χ0n) is 13.4. The smallest absolute Gasteiger partial charge is 0.263 e. The summed E-state index contributed by atoms with van der Waals surface area (Å²) in [5.41, 5.74) is 1.03. The second-order valence-electron chi connectivity index (χ2n) is 5.91. The summed E-state index contributed by atoms with van der Waals surface area (Å²) in [6.07, 6.45) is 7.81. The second kappa shape index (κ2) is 7.55. The predicted molar refractivity (Wildman–Crippen MR) is 92.8 cm³/mol. The summed E-state index contributed by atoms with van der Waals surface area (Å²) >= 11 is 1.52. The standard InChI is InChI=1S/C17H22N4OS/c1-18-16-12-19-14(11-20-16)10-13-4-2-7-21(8-6-13)17(22)15-5-3-9-23-15/h3,5,9,11-13H,2,4,6-8,10H2,1H3,(H,18,20). The highest BCUT2D eigenvalue weighted by atomic mass is 32.1. The summed E-state index contributed by atoms with van der Waals surface area (Å²) in [7, 11) is 1.84. The molecule has 1 saturated heterocycles. The number of amides is 1. The van der Waals surface area contributed by atoms with Gasteiger partial charge in [0.25, 0.3) is 5.91 Å². The van der Waals surface area contributed by atoms with Gasteiger partial charge >= 0.3 is 0 Å². The molecule has 1 aliphatic heterocycles. The van der Waals surface area contributed by atoms with Crippen LogP contribution in [0, 0.1) is 5.92 Å². The van der Waals surface area contributed by atoms with Crippen LogP contribution in [0.1, 0.15) is 34.6 Å². The van der Waals surface area contributed by atoms with Crippen molar-refractivity contribution in [2.24, 2.45) is 5.92 Å². The minimum Gasteiger partial charge on any atom is -0.372 e. The van der Waals surface area contributed by atoms with E-state index in [1.807, 2.05) is 35.7 Å². The van der Waals surface area contributed by atoms with Gasteiger partial charge in [0.2, 0.25) is 0 Å². The van der Waals surface area contributed by atoms with E-state index >= 15 is 0 Å². The molecule has 0 bridgehead atoms. The monoisotopic (exact) mass is 330 g/mol. The molecule has 1 fully saturated rings. The van der Waals surface area contributed by atoms with Crippen LogP contribution in [0.4, 0.5) is 5.82 Å². The van der Waals surface area contributed by atoms with Crippen LogP contribution in [0.3, 0.4) is 0 Å². The van der Waals surface area contributed by atoms with Crippen molar-refractivity contribution in [3.63, 3.8) is 0 Å². The van der Waals surface area contributed by atoms with Crippen molar-refractivity contribution in [2.75, 3.05) is 25.5 Å². The first-order chi connectivity index (χ1) is 11.3. The topological polar surface area (TPSA) is 58.1 Å². The molecule has 0 aromatic carbocycles. The van der Waals surface area contributed by atoms with E-state index in [4.69, 9.17) is 0 Å². The summed E-state index contributed by atoms with van der Waals surface area (Å²) < 4.78 is 0.